The largest absolute Gasteiger partial charge is 0.353 e. The van der Waals surface area contributed by atoms with Gasteiger partial charge in [0.15, 0.2) is 0 Å². The van der Waals surface area contributed by atoms with E-state index in [0.29, 0.717) is 11.2 Å². The predicted octanol–water partition coefficient (Wildman–Crippen LogP) is 2.90. The lowest BCUT2D eigenvalue weighted by Crippen LogP contribution is -2.35. The van der Waals surface area contributed by atoms with Crippen LogP contribution in [0, 0.1) is 5.92 Å². The molecule has 0 radical (unpaired) electrons. The number of nitrogens with zero attached hydrogens (tertiary/aromatic N) is 3. The predicted molar refractivity (Wildman–Crippen MR) is 64.8 cm³/mol. The van der Waals surface area contributed by atoms with Crippen LogP contribution < -0.4 is 4.90 Å². The normalized spacial score (nSPS) is 29.2. The molecule has 0 amide bonds. The summed E-state index contributed by atoms with van der Waals surface area (Å²) in [4.78, 5) is 10.7. The summed E-state index contributed by atoms with van der Waals surface area (Å²) in [5.74, 6) is 1.89. The van der Waals surface area contributed by atoms with Gasteiger partial charge in [-0.2, -0.15) is 0 Å². The zero-order chi connectivity index (χ0) is 11.0. The maximum absolute atomic E-state index is 5.92. The molecule has 3 rings (SSSR count). The minimum atomic E-state index is 0.546. The molecule has 1 saturated carbocycles. The van der Waals surface area contributed by atoms with E-state index in [0.717, 1.165) is 18.3 Å². The number of anilines is 1. The molecule has 2 unspecified atom stereocenters. The standard InChI is InChI=1S/C12H16ClN3/c13-11-7-12(15-8-14-11)16-6-5-9-3-1-2-4-10(9)16/h7-10H,1-6H2. The van der Waals surface area contributed by atoms with Gasteiger partial charge in [0, 0.05) is 18.7 Å². The highest BCUT2D eigenvalue weighted by atomic mass is 35.5. The van der Waals surface area contributed by atoms with E-state index in [1.165, 1.54) is 32.1 Å². The number of hydrogen-bond donors (Lipinski definition) is 0. The molecule has 1 aliphatic carbocycles. The molecule has 2 fully saturated rings. The molecule has 86 valence electrons. The van der Waals surface area contributed by atoms with Gasteiger partial charge in [-0.25, -0.2) is 9.97 Å². The second-order valence-corrected chi connectivity index (χ2v) is 5.18. The van der Waals surface area contributed by atoms with Crippen LogP contribution in [0.1, 0.15) is 32.1 Å². The molecule has 0 aromatic carbocycles. The maximum atomic E-state index is 5.92. The Morgan fingerprint density at radius 2 is 2.06 bits per heavy atom. The molecule has 0 N–H and O–H groups in total. The van der Waals surface area contributed by atoms with Gasteiger partial charge in [-0.1, -0.05) is 24.4 Å². The van der Waals surface area contributed by atoms with Gasteiger partial charge < -0.3 is 4.90 Å². The average Bonchev–Trinajstić information content (AvgIpc) is 2.72. The lowest BCUT2D eigenvalue weighted by atomic mass is 9.85. The monoisotopic (exact) mass is 237 g/mol. The van der Waals surface area contributed by atoms with Crippen molar-refractivity contribution >= 4 is 17.4 Å². The molecule has 0 bridgehead atoms. The lowest BCUT2D eigenvalue weighted by molar-refractivity contribution is 0.341. The Morgan fingerprint density at radius 1 is 1.19 bits per heavy atom. The molecule has 0 spiro atoms. The molecule has 1 aromatic rings. The van der Waals surface area contributed by atoms with Crippen LogP contribution in [0.25, 0.3) is 0 Å². The number of hydrogen-bond acceptors (Lipinski definition) is 3. The van der Waals surface area contributed by atoms with E-state index in [1.807, 2.05) is 6.07 Å². The Bertz CT molecular complexity index is 382. The van der Waals surface area contributed by atoms with E-state index in [9.17, 15) is 0 Å². The first-order valence-electron chi connectivity index (χ1n) is 6.09. The molecular formula is C12H16ClN3. The van der Waals surface area contributed by atoms with Crippen LogP contribution in [0.5, 0.6) is 0 Å². The maximum Gasteiger partial charge on any atom is 0.134 e. The average molecular weight is 238 g/mol. The third kappa shape index (κ3) is 1.77. The Hall–Kier alpha value is -0.830. The van der Waals surface area contributed by atoms with Crippen LogP contribution in [0.2, 0.25) is 5.15 Å². The highest BCUT2D eigenvalue weighted by molar-refractivity contribution is 6.29. The molecule has 1 saturated heterocycles. The Labute approximate surface area is 101 Å². The van der Waals surface area contributed by atoms with Gasteiger partial charge in [0.2, 0.25) is 0 Å². The fraction of sp³-hybridized carbons (Fsp3) is 0.667. The van der Waals surface area contributed by atoms with Crippen molar-refractivity contribution in [2.75, 3.05) is 11.4 Å². The first-order chi connectivity index (χ1) is 7.84. The van der Waals surface area contributed by atoms with Crippen molar-refractivity contribution in [3.63, 3.8) is 0 Å². The third-order valence-corrected chi connectivity index (χ3v) is 4.13. The molecule has 4 heteroatoms. The van der Waals surface area contributed by atoms with Gasteiger partial charge in [-0.3, -0.25) is 0 Å². The van der Waals surface area contributed by atoms with Crippen molar-refractivity contribution in [3.8, 4) is 0 Å². The second kappa shape index (κ2) is 4.21. The lowest BCUT2D eigenvalue weighted by Gasteiger charge is -2.32. The summed E-state index contributed by atoms with van der Waals surface area (Å²) in [5, 5.41) is 0.546. The minimum absolute atomic E-state index is 0.546. The highest BCUT2D eigenvalue weighted by Crippen LogP contribution is 2.38. The molecule has 2 heterocycles. The fourth-order valence-electron chi connectivity index (χ4n) is 3.17. The number of aromatic nitrogens is 2. The second-order valence-electron chi connectivity index (χ2n) is 4.79. The SMILES string of the molecule is Clc1cc(N2CCC3CCCCC32)ncn1. The van der Waals surface area contributed by atoms with Crippen molar-refractivity contribution in [3.05, 3.63) is 17.5 Å². The van der Waals surface area contributed by atoms with Crippen LogP contribution in [0.15, 0.2) is 12.4 Å². The van der Waals surface area contributed by atoms with E-state index in [-0.39, 0.29) is 0 Å². The van der Waals surface area contributed by atoms with Gasteiger partial charge in [0.05, 0.1) is 0 Å². The smallest absolute Gasteiger partial charge is 0.134 e. The van der Waals surface area contributed by atoms with E-state index in [1.54, 1.807) is 6.33 Å². The number of fused-ring (bicyclic) bond motifs is 1. The van der Waals surface area contributed by atoms with Gasteiger partial charge in [0.1, 0.15) is 17.3 Å². The van der Waals surface area contributed by atoms with E-state index < -0.39 is 0 Å². The van der Waals surface area contributed by atoms with E-state index in [4.69, 9.17) is 11.6 Å². The van der Waals surface area contributed by atoms with Gasteiger partial charge >= 0.3 is 0 Å². The summed E-state index contributed by atoms with van der Waals surface area (Å²) in [6.45, 7) is 1.13. The van der Waals surface area contributed by atoms with Gasteiger partial charge in [0.25, 0.3) is 0 Å². The highest BCUT2D eigenvalue weighted by Gasteiger charge is 2.36. The summed E-state index contributed by atoms with van der Waals surface area (Å²) in [6, 6.07) is 2.58. The van der Waals surface area contributed by atoms with Crippen molar-refractivity contribution in [1.82, 2.24) is 9.97 Å². The molecular weight excluding hydrogens is 222 g/mol. The Balaban J connectivity index is 1.85. The Kier molecular flexibility index (Phi) is 2.72. The van der Waals surface area contributed by atoms with Gasteiger partial charge in [-0.05, 0) is 25.2 Å². The van der Waals surface area contributed by atoms with Crippen LogP contribution in [-0.4, -0.2) is 22.6 Å². The van der Waals surface area contributed by atoms with Crippen molar-refractivity contribution < 1.29 is 0 Å². The zero-order valence-electron chi connectivity index (χ0n) is 9.27. The molecule has 2 aliphatic rings. The quantitative estimate of drug-likeness (QED) is 0.704. The number of halogens is 1. The zero-order valence-corrected chi connectivity index (χ0v) is 10.0. The summed E-state index contributed by atoms with van der Waals surface area (Å²) in [6.07, 6.45) is 8.34. The van der Waals surface area contributed by atoms with Crippen LogP contribution in [-0.2, 0) is 0 Å². The summed E-state index contributed by atoms with van der Waals surface area (Å²) < 4.78 is 0. The van der Waals surface area contributed by atoms with Crippen molar-refractivity contribution in [2.24, 2.45) is 5.92 Å². The molecule has 1 aromatic heterocycles. The van der Waals surface area contributed by atoms with Crippen molar-refractivity contribution in [1.29, 1.82) is 0 Å². The molecule has 3 nitrogen and oxygen atoms in total. The summed E-state index contributed by atoms with van der Waals surface area (Å²) in [5.41, 5.74) is 0. The third-order valence-electron chi connectivity index (χ3n) is 3.92. The first-order valence-corrected chi connectivity index (χ1v) is 6.46. The van der Waals surface area contributed by atoms with Crippen LogP contribution >= 0.6 is 11.6 Å². The Morgan fingerprint density at radius 3 is 2.94 bits per heavy atom. The summed E-state index contributed by atoms with van der Waals surface area (Å²) in [7, 11) is 0. The van der Waals surface area contributed by atoms with Crippen LogP contribution in [0.4, 0.5) is 5.82 Å². The fourth-order valence-corrected chi connectivity index (χ4v) is 3.31. The topological polar surface area (TPSA) is 29.0 Å². The van der Waals surface area contributed by atoms with E-state index >= 15 is 0 Å². The van der Waals surface area contributed by atoms with E-state index in [2.05, 4.69) is 14.9 Å². The van der Waals surface area contributed by atoms with Gasteiger partial charge in [-0.15, -0.1) is 0 Å². The van der Waals surface area contributed by atoms with Crippen LogP contribution in [0.3, 0.4) is 0 Å². The molecule has 1 aliphatic heterocycles. The molecule has 16 heavy (non-hydrogen) atoms. The molecule has 2 atom stereocenters. The summed E-state index contributed by atoms with van der Waals surface area (Å²) >= 11 is 5.92. The first kappa shape index (κ1) is 10.3. The minimum Gasteiger partial charge on any atom is -0.353 e. The van der Waals surface area contributed by atoms with Crippen molar-refractivity contribution in [2.45, 2.75) is 38.1 Å². The number of rotatable bonds is 1.